The van der Waals surface area contributed by atoms with Gasteiger partial charge in [-0.15, -0.1) is 0 Å². The van der Waals surface area contributed by atoms with Crippen molar-refractivity contribution in [1.82, 2.24) is 10.3 Å². The summed E-state index contributed by atoms with van der Waals surface area (Å²) >= 11 is 0. The van der Waals surface area contributed by atoms with Crippen molar-refractivity contribution in [3.05, 3.63) is 29.6 Å². The van der Waals surface area contributed by atoms with Crippen LogP contribution in [0.2, 0.25) is 0 Å². The van der Waals surface area contributed by atoms with Gasteiger partial charge in [0.05, 0.1) is 11.1 Å². The highest BCUT2D eigenvalue weighted by Gasteiger charge is 2.36. The molecular weight excluding hydrogens is 277 g/mol. The zero-order chi connectivity index (χ0) is 14.8. The smallest absolute Gasteiger partial charge is 0.368 e. The number of nitrogens with zero attached hydrogens (tertiary/aromatic N) is 1. The maximum absolute atomic E-state index is 12.7. The first kappa shape index (κ1) is 14.4. The van der Waals surface area contributed by atoms with Crippen LogP contribution in [0.1, 0.15) is 28.8 Å². The van der Waals surface area contributed by atoms with Crippen molar-refractivity contribution in [3.63, 3.8) is 0 Å². The zero-order valence-electron chi connectivity index (χ0n) is 10.2. The van der Waals surface area contributed by atoms with Gasteiger partial charge in [0, 0.05) is 19.0 Å². The molecule has 20 heavy (non-hydrogen) atoms. The molecule has 1 aliphatic rings. The number of alkyl halides is 3. The molecule has 1 fully saturated rings. The zero-order valence-corrected chi connectivity index (χ0v) is 10.2. The summed E-state index contributed by atoms with van der Waals surface area (Å²) in [4.78, 5) is 26.9. The molecule has 8 heteroatoms. The van der Waals surface area contributed by atoms with Crippen LogP contribution in [-0.2, 0) is 15.7 Å². The van der Waals surface area contributed by atoms with E-state index in [-0.39, 0.29) is 0 Å². The fraction of sp³-hybridized carbons (Fsp3) is 0.417. The third kappa shape index (κ3) is 3.13. The van der Waals surface area contributed by atoms with Crippen LogP contribution in [0.25, 0.3) is 0 Å². The number of aromatic nitrogens is 1. The molecular formula is C12H11F3N2O3. The lowest BCUT2D eigenvalue weighted by Crippen LogP contribution is -2.39. The Hall–Kier alpha value is -1.96. The predicted molar refractivity (Wildman–Crippen MR) is 60.7 cm³/mol. The van der Waals surface area contributed by atoms with Crippen molar-refractivity contribution in [2.24, 2.45) is 0 Å². The Bertz CT molecular complexity index is 525. The molecule has 0 bridgehead atoms. The fourth-order valence-corrected chi connectivity index (χ4v) is 1.87. The Balaban J connectivity index is 2.15. The third-order valence-corrected chi connectivity index (χ3v) is 2.83. The molecule has 1 atom stereocenters. The van der Waals surface area contributed by atoms with E-state index in [9.17, 15) is 22.8 Å². The minimum Gasteiger partial charge on any atom is -0.368 e. The lowest BCUT2D eigenvalue weighted by Gasteiger charge is -2.13. The third-order valence-electron chi connectivity index (χ3n) is 2.83. The van der Waals surface area contributed by atoms with Crippen LogP contribution in [0.4, 0.5) is 13.2 Å². The Kier molecular flexibility index (Phi) is 4.03. The van der Waals surface area contributed by atoms with Crippen molar-refractivity contribution in [1.29, 1.82) is 0 Å². The lowest BCUT2D eigenvalue weighted by molar-refractivity contribution is -0.138. The molecule has 1 aromatic rings. The van der Waals surface area contributed by atoms with Gasteiger partial charge in [-0.25, -0.2) is 0 Å². The molecule has 0 spiro atoms. The highest BCUT2D eigenvalue weighted by molar-refractivity contribution is 6.06. The first-order valence-corrected chi connectivity index (χ1v) is 5.87. The minimum atomic E-state index is -4.69. The summed E-state index contributed by atoms with van der Waals surface area (Å²) in [5, 5.41) is 1.91. The number of nitrogens with one attached hydrogen (secondary N) is 1. The van der Waals surface area contributed by atoms with E-state index in [1.807, 2.05) is 5.32 Å². The highest BCUT2D eigenvalue weighted by atomic mass is 19.4. The van der Waals surface area contributed by atoms with Gasteiger partial charge in [-0.2, -0.15) is 13.2 Å². The number of hydrogen-bond acceptors (Lipinski definition) is 4. The molecule has 0 aromatic carbocycles. The molecule has 108 valence electrons. The SMILES string of the molecule is O=C(NC(=O)C1CCCO1)c1cnccc1C(F)(F)F. The number of hydrogen-bond donors (Lipinski definition) is 1. The van der Waals surface area contributed by atoms with Crippen LogP contribution < -0.4 is 5.32 Å². The van der Waals surface area contributed by atoms with Gasteiger partial charge in [0.15, 0.2) is 0 Å². The van der Waals surface area contributed by atoms with E-state index < -0.39 is 35.2 Å². The Morgan fingerprint density at radius 2 is 2.15 bits per heavy atom. The van der Waals surface area contributed by atoms with Crippen molar-refractivity contribution in [2.75, 3.05) is 6.61 Å². The minimum absolute atomic E-state index is 0.396. The summed E-state index contributed by atoms with van der Waals surface area (Å²) in [6, 6.07) is 0.686. The molecule has 1 saturated heterocycles. The molecule has 0 aliphatic carbocycles. The number of amides is 2. The van der Waals surface area contributed by atoms with E-state index >= 15 is 0 Å². The fourth-order valence-electron chi connectivity index (χ4n) is 1.87. The van der Waals surface area contributed by atoms with Crippen LogP contribution >= 0.6 is 0 Å². The predicted octanol–water partition coefficient (Wildman–Crippen LogP) is 1.54. The Morgan fingerprint density at radius 1 is 1.40 bits per heavy atom. The monoisotopic (exact) mass is 288 g/mol. The average molecular weight is 288 g/mol. The Morgan fingerprint density at radius 3 is 2.75 bits per heavy atom. The summed E-state index contributed by atoms with van der Waals surface area (Å²) in [6.07, 6.45) is -2.65. The lowest BCUT2D eigenvalue weighted by atomic mass is 10.1. The molecule has 1 N–H and O–H groups in total. The van der Waals surface area contributed by atoms with Gasteiger partial charge in [0.1, 0.15) is 6.10 Å². The molecule has 2 heterocycles. The van der Waals surface area contributed by atoms with Gasteiger partial charge < -0.3 is 4.74 Å². The molecule has 5 nitrogen and oxygen atoms in total. The maximum Gasteiger partial charge on any atom is 0.417 e. The van der Waals surface area contributed by atoms with Gasteiger partial charge in [-0.3, -0.25) is 19.9 Å². The topological polar surface area (TPSA) is 68.3 Å². The van der Waals surface area contributed by atoms with Gasteiger partial charge in [-0.1, -0.05) is 0 Å². The van der Waals surface area contributed by atoms with E-state index in [0.29, 0.717) is 25.5 Å². The molecule has 0 radical (unpaired) electrons. The van der Waals surface area contributed by atoms with E-state index in [0.717, 1.165) is 12.4 Å². The highest BCUT2D eigenvalue weighted by Crippen LogP contribution is 2.31. The van der Waals surface area contributed by atoms with E-state index in [1.54, 1.807) is 0 Å². The number of imide groups is 1. The molecule has 1 aliphatic heterocycles. The molecule has 1 unspecified atom stereocenters. The van der Waals surface area contributed by atoms with Gasteiger partial charge in [0.25, 0.3) is 11.8 Å². The average Bonchev–Trinajstić information content (AvgIpc) is 2.91. The normalized spacial score (nSPS) is 18.9. The summed E-state index contributed by atoms with van der Waals surface area (Å²) in [7, 11) is 0. The quantitative estimate of drug-likeness (QED) is 0.838. The first-order chi connectivity index (χ1) is 9.39. The Labute approximate surface area is 112 Å². The molecule has 2 rings (SSSR count). The number of carbonyl (C=O) groups excluding carboxylic acids is 2. The molecule has 2 amide bonds. The second kappa shape index (κ2) is 5.58. The van der Waals surface area contributed by atoms with Crippen molar-refractivity contribution >= 4 is 11.8 Å². The largest absolute Gasteiger partial charge is 0.417 e. The molecule has 1 aromatic heterocycles. The second-order valence-corrected chi connectivity index (χ2v) is 4.24. The second-order valence-electron chi connectivity index (χ2n) is 4.24. The first-order valence-electron chi connectivity index (χ1n) is 5.87. The van der Waals surface area contributed by atoms with Crippen molar-refractivity contribution in [2.45, 2.75) is 25.1 Å². The van der Waals surface area contributed by atoms with Gasteiger partial charge >= 0.3 is 6.18 Å². The van der Waals surface area contributed by atoms with Crippen molar-refractivity contribution in [3.8, 4) is 0 Å². The summed E-state index contributed by atoms with van der Waals surface area (Å²) < 4.78 is 43.2. The van der Waals surface area contributed by atoms with Crippen molar-refractivity contribution < 1.29 is 27.5 Å². The number of rotatable bonds is 2. The van der Waals surface area contributed by atoms with E-state index in [1.165, 1.54) is 0 Å². The number of halogens is 3. The van der Waals surface area contributed by atoms with Crippen LogP contribution in [0, 0.1) is 0 Å². The summed E-state index contributed by atoms with van der Waals surface area (Å²) in [6.45, 7) is 0.396. The molecule has 0 saturated carbocycles. The number of carbonyl (C=O) groups is 2. The number of ether oxygens (including phenoxy) is 1. The maximum atomic E-state index is 12.7. The van der Waals surface area contributed by atoms with E-state index in [4.69, 9.17) is 4.74 Å². The van der Waals surface area contributed by atoms with Crippen LogP contribution in [-0.4, -0.2) is 29.5 Å². The van der Waals surface area contributed by atoms with Crippen LogP contribution in [0.15, 0.2) is 18.5 Å². The van der Waals surface area contributed by atoms with Gasteiger partial charge in [-0.05, 0) is 18.9 Å². The van der Waals surface area contributed by atoms with Crippen LogP contribution in [0.5, 0.6) is 0 Å². The van der Waals surface area contributed by atoms with Crippen LogP contribution in [0.3, 0.4) is 0 Å². The van der Waals surface area contributed by atoms with Gasteiger partial charge in [0.2, 0.25) is 0 Å². The summed E-state index contributed by atoms with van der Waals surface area (Å²) in [5.74, 6) is -1.87. The standard InChI is InChI=1S/C12H11F3N2O3/c13-12(14,15)8-3-4-16-6-7(8)10(18)17-11(19)9-2-1-5-20-9/h3-4,6,9H,1-2,5H2,(H,17,18,19). The van der Waals surface area contributed by atoms with E-state index in [2.05, 4.69) is 4.98 Å². The number of pyridine rings is 1. The summed E-state index contributed by atoms with van der Waals surface area (Å²) in [5.41, 5.74) is -1.82.